The van der Waals surface area contributed by atoms with Crippen molar-refractivity contribution in [3.05, 3.63) is 28.7 Å². The van der Waals surface area contributed by atoms with Gasteiger partial charge in [-0.3, -0.25) is 14.4 Å². The maximum Gasteiger partial charge on any atom is 0.254 e. The van der Waals surface area contributed by atoms with Gasteiger partial charge in [0.25, 0.3) is 5.56 Å². The Kier molecular flexibility index (Phi) is 3.60. The van der Waals surface area contributed by atoms with Gasteiger partial charge in [-0.15, -0.1) is 0 Å². The second kappa shape index (κ2) is 5.16. The van der Waals surface area contributed by atoms with Gasteiger partial charge in [0.05, 0.1) is 19.1 Å². The third-order valence-corrected chi connectivity index (χ3v) is 3.01. The zero-order chi connectivity index (χ0) is 13.1. The molecule has 5 nitrogen and oxygen atoms in total. The first-order valence-electron chi connectivity index (χ1n) is 6.01. The van der Waals surface area contributed by atoms with Gasteiger partial charge in [-0.1, -0.05) is 0 Å². The number of carbonyl (C=O) groups is 2. The van der Waals surface area contributed by atoms with E-state index in [1.807, 2.05) is 6.92 Å². The molecule has 1 atom stereocenters. The van der Waals surface area contributed by atoms with Crippen molar-refractivity contribution in [2.45, 2.75) is 32.2 Å². The number of nitrogens with zero attached hydrogens (tertiary/aromatic N) is 1. The highest BCUT2D eigenvalue weighted by Gasteiger charge is 2.28. The molecule has 5 heteroatoms. The summed E-state index contributed by atoms with van der Waals surface area (Å²) in [5.41, 5.74) is -0.270. The lowest BCUT2D eigenvalue weighted by Crippen LogP contribution is -2.33. The summed E-state index contributed by atoms with van der Waals surface area (Å²) >= 11 is 0. The number of ketones is 2. The Bertz CT molecular complexity index is 532. The number of rotatable bonds is 3. The molecule has 0 amide bonds. The van der Waals surface area contributed by atoms with Gasteiger partial charge in [-0.05, 0) is 19.4 Å². The van der Waals surface area contributed by atoms with E-state index < -0.39 is 6.04 Å². The van der Waals surface area contributed by atoms with Crippen LogP contribution >= 0.6 is 0 Å². The fourth-order valence-corrected chi connectivity index (χ4v) is 2.14. The molecule has 1 aromatic rings. The third-order valence-electron chi connectivity index (χ3n) is 3.01. The van der Waals surface area contributed by atoms with Crippen molar-refractivity contribution in [3.8, 4) is 5.75 Å². The number of hydrogen-bond acceptors (Lipinski definition) is 4. The van der Waals surface area contributed by atoms with Crippen LogP contribution in [0.2, 0.25) is 0 Å². The molecular formula is C13H15NO4. The topological polar surface area (TPSA) is 65.4 Å². The fraction of sp³-hybridized carbons (Fsp3) is 0.462. The summed E-state index contributed by atoms with van der Waals surface area (Å²) in [6.07, 6.45) is 2.26. The minimum absolute atomic E-state index is 0.0461. The molecule has 1 aliphatic rings. The SMILES string of the molecule is CCOc1ccn(C2CCC(=O)CC2=O)c(=O)c1. The van der Waals surface area contributed by atoms with E-state index in [0.29, 0.717) is 25.2 Å². The normalized spacial score (nSPS) is 19.9. The summed E-state index contributed by atoms with van der Waals surface area (Å²) in [5.74, 6) is 0.269. The summed E-state index contributed by atoms with van der Waals surface area (Å²) in [4.78, 5) is 34.8. The summed E-state index contributed by atoms with van der Waals surface area (Å²) in [5, 5.41) is 0. The maximum absolute atomic E-state index is 11.9. The predicted octanol–water partition coefficient (Wildman–Crippen LogP) is 1.11. The van der Waals surface area contributed by atoms with Crippen LogP contribution in [-0.4, -0.2) is 22.7 Å². The number of aromatic nitrogens is 1. The largest absolute Gasteiger partial charge is 0.494 e. The molecule has 0 bridgehead atoms. The summed E-state index contributed by atoms with van der Waals surface area (Å²) in [7, 11) is 0. The average Bonchev–Trinajstić information content (AvgIpc) is 2.31. The molecule has 1 aliphatic carbocycles. The van der Waals surface area contributed by atoms with Crippen molar-refractivity contribution in [3.63, 3.8) is 0 Å². The van der Waals surface area contributed by atoms with E-state index in [9.17, 15) is 14.4 Å². The molecule has 0 N–H and O–H groups in total. The van der Waals surface area contributed by atoms with Crippen molar-refractivity contribution >= 4 is 11.6 Å². The Labute approximate surface area is 104 Å². The van der Waals surface area contributed by atoms with Crippen molar-refractivity contribution < 1.29 is 14.3 Å². The molecule has 1 saturated carbocycles. The summed E-state index contributed by atoms with van der Waals surface area (Å²) < 4.78 is 6.61. The van der Waals surface area contributed by atoms with Crippen LogP contribution < -0.4 is 10.3 Å². The molecule has 0 spiro atoms. The van der Waals surface area contributed by atoms with Crippen molar-refractivity contribution in [2.24, 2.45) is 0 Å². The standard InChI is InChI=1S/C13H15NO4/c1-2-18-10-5-6-14(13(17)8-10)11-4-3-9(15)7-12(11)16/h5-6,8,11H,2-4,7H2,1H3. The minimum Gasteiger partial charge on any atom is -0.494 e. The van der Waals surface area contributed by atoms with Crippen LogP contribution in [0.1, 0.15) is 32.2 Å². The molecule has 0 radical (unpaired) electrons. The lowest BCUT2D eigenvalue weighted by Gasteiger charge is -2.22. The third kappa shape index (κ3) is 2.50. The predicted molar refractivity (Wildman–Crippen MR) is 64.8 cm³/mol. The Morgan fingerprint density at radius 2 is 2.17 bits per heavy atom. The lowest BCUT2D eigenvalue weighted by molar-refractivity contribution is -0.132. The molecule has 1 heterocycles. The molecule has 18 heavy (non-hydrogen) atoms. The first-order chi connectivity index (χ1) is 8.61. The van der Waals surface area contributed by atoms with E-state index in [1.54, 1.807) is 12.3 Å². The number of ether oxygens (including phenoxy) is 1. The molecule has 0 aromatic carbocycles. The van der Waals surface area contributed by atoms with E-state index in [4.69, 9.17) is 4.74 Å². The van der Waals surface area contributed by atoms with Crippen LogP contribution in [-0.2, 0) is 9.59 Å². The number of pyridine rings is 1. The Morgan fingerprint density at radius 3 is 2.78 bits per heavy atom. The van der Waals surface area contributed by atoms with E-state index >= 15 is 0 Å². The Balaban J connectivity index is 2.26. The summed E-state index contributed by atoms with van der Waals surface area (Å²) in [6, 6.07) is 2.52. The second-order valence-electron chi connectivity index (χ2n) is 4.28. The average molecular weight is 249 g/mol. The first kappa shape index (κ1) is 12.5. The van der Waals surface area contributed by atoms with Gasteiger partial charge >= 0.3 is 0 Å². The first-order valence-corrected chi connectivity index (χ1v) is 6.01. The van der Waals surface area contributed by atoms with Crippen LogP contribution in [0, 0.1) is 0 Å². The molecule has 0 aliphatic heterocycles. The molecule has 1 unspecified atom stereocenters. The van der Waals surface area contributed by atoms with Crippen LogP contribution in [0.25, 0.3) is 0 Å². The molecular weight excluding hydrogens is 234 g/mol. The Hall–Kier alpha value is -1.91. The lowest BCUT2D eigenvalue weighted by atomic mass is 9.93. The summed E-state index contributed by atoms with van der Waals surface area (Å²) in [6.45, 7) is 2.32. The van der Waals surface area contributed by atoms with Crippen LogP contribution in [0.3, 0.4) is 0 Å². The zero-order valence-corrected chi connectivity index (χ0v) is 10.2. The van der Waals surface area contributed by atoms with Gasteiger partial charge in [0.1, 0.15) is 11.5 Å². The van der Waals surface area contributed by atoms with Gasteiger partial charge in [-0.25, -0.2) is 0 Å². The van der Waals surface area contributed by atoms with E-state index in [2.05, 4.69) is 0 Å². The van der Waals surface area contributed by atoms with E-state index in [-0.39, 0.29) is 23.5 Å². The van der Waals surface area contributed by atoms with Gasteiger partial charge in [0, 0.05) is 18.7 Å². The fourth-order valence-electron chi connectivity index (χ4n) is 2.14. The van der Waals surface area contributed by atoms with E-state index in [0.717, 1.165) is 0 Å². The minimum atomic E-state index is -0.508. The molecule has 1 fully saturated rings. The van der Waals surface area contributed by atoms with Crippen LogP contribution in [0.15, 0.2) is 23.1 Å². The monoisotopic (exact) mass is 249 g/mol. The number of Topliss-reactive ketones (excluding diaryl/α,β-unsaturated/α-hetero) is 2. The zero-order valence-electron chi connectivity index (χ0n) is 10.2. The quantitative estimate of drug-likeness (QED) is 0.753. The maximum atomic E-state index is 11.9. The van der Waals surface area contributed by atoms with Gasteiger partial charge < -0.3 is 9.30 Å². The van der Waals surface area contributed by atoms with Crippen molar-refractivity contribution in [2.75, 3.05) is 6.61 Å². The highest BCUT2D eigenvalue weighted by molar-refractivity contribution is 6.03. The van der Waals surface area contributed by atoms with Gasteiger partial charge in [0.2, 0.25) is 0 Å². The molecule has 2 rings (SSSR count). The second-order valence-corrected chi connectivity index (χ2v) is 4.28. The highest BCUT2D eigenvalue weighted by Crippen LogP contribution is 2.22. The van der Waals surface area contributed by atoms with Crippen LogP contribution in [0.5, 0.6) is 5.75 Å². The molecule has 96 valence electrons. The molecule has 1 aromatic heterocycles. The van der Waals surface area contributed by atoms with Gasteiger partial charge in [0.15, 0.2) is 5.78 Å². The smallest absolute Gasteiger partial charge is 0.254 e. The van der Waals surface area contributed by atoms with Crippen LogP contribution in [0.4, 0.5) is 0 Å². The Morgan fingerprint density at radius 1 is 1.39 bits per heavy atom. The highest BCUT2D eigenvalue weighted by atomic mass is 16.5. The number of carbonyl (C=O) groups excluding carboxylic acids is 2. The van der Waals surface area contributed by atoms with Crippen molar-refractivity contribution in [1.82, 2.24) is 4.57 Å². The van der Waals surface area contributed by atoms with Gasteiger partial charge in [-0.2, -0.15) is 0 Å². The number of hydrogen-bond donors (Lipinski definition) is 0. The van der Waals surface area contributed by atoms with Crippen molar-refractivity contribution in [1.29, 1.82) is 0 Å². The molecule has 0 saturated heterocycles. The van der Waals surface area contributed by atoms with E-state index in [1.165, 1.54) is 10.6 Å².